The predicted octanol–water partition coefficient (Wildman–Crippen LogP) is 3.16. The first kappa shape index (κ1) is 12.9. The van der Waals surface area contributed by atoms with Gasteiger partial charge in [0.25, 0.3) is 0 Å². The molecule has 2 N–H and O–H groups in total. The maximum absolute atomic E-state index is 10.8. The van der Waals surface area contributed by atoms with Crippen LogP contribution >= 0.6 is 0 Å². The van der Waals surface area contributed by atoms with Crippen LogP contribution in [0.25, 0.3) is 0 Å². The molecule has 1 fully saturated rings. The predicted molar refractivity (Wildman–Crippen MR) is 70.9 cm³/mol. The van der Waals surface area contributed by atoms with E-state index in [0.29, 0.717) is 5.82 Å². The molecule has 0 radical (unpaired) electrons. The number of hydrogen-bond donors (Lipinski definition) is 2. The zero-order chi connectivity index (χ0) is 12.8. The van der Waals surface area contributed by atoms with Crippen molar-refractivity contribution in [3.63, 3.8) is 0 Å². The van der Waals surface area contributed by atoms with E-state index in [1.54, 1.807) is 6.07 Å². The monoisotopic (exact) mass is 248 g/mol. The molecule has 1 saturated carbocycles. The van der Waals surface area contributed by atoms with Crippen LogP contribution in [0.2, 0.25) is 0 Å². The summed E-state index contributed by atoms with van der Waals surface area (Å²) in [4.78, 5) is 14.8. The number of carboxylic acids is 1. The van der Waals surface area contributed by atoms with Crippen molar-refractivity contribution in [2.75, 3.05) is 11.9 Å². The van der Waals surface area contributed by atoms with Crippen molar-refractivity contribution < 1.29 is 9.90 Å². The summed E-state index contributed by atoms with van der Waals surface area (Å²) in [7, 11) is 0. The molecule has 0 saturated heterocycles. The van der Waals surface area contributed by atoms with Crippen molar-refractivity contribution >= 4 is 11.8 Å². The number of anilines is 1. The fraction of sp³-hybridized carbons (Fsp3) is 0.571. The number of aromatic nitrogens is 1. The third kappa shape index (κ3) is 3.72. The van der Waals surface area contributed by atoms with Crippen molar-refractivity contribution in [3.8, 4) is 0 Å². The highest BCUT2D eigenvalue weighted by atomic mass is 16.4. The number of aromatic carboxylic acids is 1. The fourth-order valence-electron chi connectivity index (χ4n) is 2.56. The van der Waals surface area contributed by atoms with Crippen molar-refractivity contribution in [1.29, 1.82) is 0 Å². The summed E-state index contributed by atoms with van der Waals surface area (Å²) in [5.74, 6) is 0.580. The minimum atomic E-state index is -0.982. The number of carbonyl (C=O) groups is 1. The molecular formula is C14H20N2O2. The Hall–Kier alpha value is -1.58. The van der Waals surface area contributed by atoms with Gasteiger partial charge in [-0.1, -0.05) is 31.7 Å². The van der Waals surface area contributed by atoms with E-state index >= 15 is 0 Å². The molecule has 2 rings (SSSR count). The second-order valence-corrected chi connectivity index (χ2v) is 4.93. The smallest absolute Gasteiger partial charge is 0.354 e. The summed E-state index contributed by atoms with van der Waals surface area (Å²) in [5, 5.41) is 12.0. The molecule has 0 aliphatic heterocycles. The lowest BCUT2D eigenvalue weighted by molar-refractivity contribution is 0.0690. The van der Waals surface area contributed by atoms with Crippen LogP contribution < -0.4 is 5.32 Å². The van der Waals surface area contributed by atoms with E-state index in [2.05, 4.69) is 10.3 Å². The third-order valence-electron chi connectivity index (χ3n) is 3.54. The van der Waals surface area contributed by atoms with Crippen LogP contribution in [0.4, 0.5) is 5.82 Å². The molecule has 18 heavy (non-hydrogen) atoms. The first-order chi connectivity index (χ1) is 8.75. The average molecular weight is 248 g/mol. The van der Waals surface area contributed by atoms with Gasteiger partial charge in [-0.3, -0.25) is 0 Å². The Kier molecular flexibility index (Phi) is 4.56. The number of carboxylic acid groups (broad SMARTS) is 1. The molecule has 0 aromatic carbocycles. The van der Waals surface area contributed by atoms with Gasteiger partial charge in [-0.2, -0.15) is 0 Å². The summed E-state index contributed by atoms with van der Waals surface area (Å²) >= 11 is 0. The molecule has 98 valence electrons. The Labute approximate surface area is 107 Å². The van der Waals surface area contributed by atoms with E-state index in [-0.39, 0.29) is 5.69 Å². The van der Waals surface area contributed by atoms with Crippen molar-refractivity contribution in [3.05, 3.63) is 23.9 Å². The van der Waals surface area contributed by atoms with E-state index < -0.39 is 5.97 Å². The Morgan fingerprint density at radius 3 is 2.89 bits per heavy atom. The highest BCUT2D eigenvalue weighted by Gasteiger charge is 2.13. The fourth-order valence-corrected chi connectivity index (χ4v) is 2.56. The van der Waals surface area contributed by atoms with Gasteiger partial charge in [0.05, 0.1) is 0 Å². The Bertz CT molecular complexity index is 401. The minimum Gasteiger partial charge on any atom is -0.477 e. The molecule has 1 aliphatic rings. The summed E-state index contributed by atoms with van der Waals surface area (Å²) < 4.78 is 0. The molecule has 0 unspecified atom stereocenters. The summed E-state index contributed by atoms with van der Waals surface area (Å²) in [6.45, 7) is 0.868. The second kappa shape index (κ2) is 6.38. The minimum absolute atomic E-state index is 0.0933. The number of rotatable bonds is 6. The zero-order valence-corrected chi connectivity index (χ0v) is 10.6. The molecule has 1 aromatic rings. The molecule has 0 bridgehead atoms. The van der Waals surface area contributed by atoms with Gasteiger partial charge in [0.15, 0.2) is 5.69 Å². The highest BCUT2D eigenvalue weighted by molar-refractivity contribution is 5.85. The second-order valence-electron chi connectivity index (χ2n) is 4.93. The van der Waals surface area contributed by atoms with E-state index in [4.69, 9.17) is 5.11 Å². The number of nitrogens with zero attached hydrogens (tertiary/aromatic N) is 1. The van der Waals surface area contributed by atoms with E-state index in [1.165, 1.54) is 38.2 Å². The lowest BCUT2D eigenvalue weighted by atomic mass is 10.0. The Balaban J connectivity index is 1.72. The van der Waals surface area contributed by atoms with Crippen LogP contribution in [0.5, 0.6) is 0 Å². The van der Waals surface area contributed by atoms with Crippen LogP contribution in [0.15, 0.2) is 18.2 Å². The molecular weight excluding hydrogens is 228 g/mol. The first-order valence-corrected chi connectivity index (χ1v) is 6.70. The average Bonchev–Trinajstić information content (AvgIpc) is 2.88. The van der Waals surface area contributed by atoms with Gasteiger partial charge in [-0.25, -0.2) is 9.78 Å². The summed E-state index contributed by atoms with van der Waals surface area (Å²) in [6, 6.07) is 5.03. The topological polar surface area (TPSA) is 62.2 Å². The largest absolute Gasteiger partial charge is 0.477 e. The van der Waals surface area contributed by atoms with Crippen LogP contribution in [0.3, 0.4) is 0 Å². The van der Waals surface area contributed by atoms with Crippen molar-refractivity contribution in [2.24, 2.45) is 5.92 Å². The lowest BCUT2D eigenvalue weighted by Crippen LogP contribution is -2.08. The van der Waals surface area contributed by atoms with Crippen LogP contribution in [-0.2, 0) is 0 Å². The van der Waals surface area contributed by atoms with Gasteiger partial charge in [-0.05, 0) is 30.9 Å². The molecule has 4 heteroatoms. The molecule has 0 spiro atoms. The van der Waals surface area contributed by atoms with Gasteiger partial charge in [-0.15, -0.1) is 0 Å². The van der Waals surface area contributed by atoms with Gasteiger partial charge >= 0.3 is 5.97 Å². The lowest BCUT2D eigenvalue weighted by Gasteiger charge is -2.09. The molecule has 0 atom stereocenters. The Morgan fingerprint density at radius 2 is 2.17 bits per heavy atom. The van der Waals surface area contributed by atoms with Gasteiger partial charge in [0.2, 0.25) is 0 Å². The zero-order valence-electron chi connectivity index (χ0n) is 10.6. The third-order valence-corrected chi connectivity index (χ3v) is 3.54. The van der Waals surface area contributed by atoms with Gasteiger partial charge in [0, 0.05) is 6.54 Å². The van der Waals surface area contributed by atoms with Crippen LogP contribution in [0.1, 0.15) is 49.0 Å². The SMILES string of the molecule is O=C(O)c1cccc(NCCCC2CCCC2)n1. The molecule has 1 aromatic heterocycles. The maximum Gasteiger partial charge on any atom is 0.354 e. The van der Waals surface area contributed by atoms with E-state index in [1.807, 2.05) is 6.07 Å². The maximum atomic E-state index is 10.8. The van der Waals surface area contributed by atoms with Crippen molar-refractivity contribution in [1.82, 2.24) is 4.98 Å². The number of nitrogens with one attached hydrogen (secondary N) is 1. The summed E-state index contributed by atoms with van der Waals surface area (Å²) in [5.41, 5.74) is 0.0933. The molecule has 1 aliphatic carbocycles. The quantitative estimate of drug-likeness (QED) is 0.759. The number of hydrogen-bond acceptors (Lipinski definition) is 3. The van der Waals surface area contributed by atoms with Crippen LogP contribution in [-0.4, -0.2) is 22.6 Å². The Morgan fingerprint density at radius 1 is 1.39 bits per heavy atom. The van der Waals surface area contributed by atoms with E-state index in [9.17, 15) is 4.79 Å². The summed E-state index contributed by atoms with van der Waals surface area (Å²) in [6.07, 6.45) is 7.94. The molecule has 1 heterocycles. The van der Waals surface area contributed by atoms with Gasteiger partial charge < -0.3 is 10.4 Å². The normalized spacial score (nSPS) is 15.8. The van der Waals surface area contributed by atoms with E-state index in [0.717, 1.165) is 18.9 Å². The van der Waals surface area contributed by atoms with Crippen molar-refractivity contribution in [2.45, 2.75) is 38.5 Å². The highest BCUT2D eigenvalue weighted by Crippen LogP contribution is 2.28. The van der Waals surface area contributed by atoms with Crippen LogP contribution in [0, 0.1) is 5.92 Å². The molecule has 0 amide bonds. The molecule has 4 nitrogen and oxygen atoms in total. The standard InChI is InChI=1S/C14H20N2O2/c17-14(18)12-8-3-9-13(16-12)15-10-4-7-11-5-1-2-6-11/h3,8-9,11H,1-2,4-7,10H2,(H,15,16)(H,17,18). The first-order valence-electron chi connectivity index (χ1n) is 6.70. The van der Waals surface area contributed by atoms with Gasteiger partial charge in [0.1, 0.15) is 5.82 Å². The number of pyridine rings is 1.